The lowest BCUT2D eigenvalue weighted by atomic mass is 10.0. The minimum atomic E-state index is -0.235. The molecule has 0 N–H and O–H groups in total. The van der Waals surface area contributed by atoms with Crippen molar-refractivity contribution in [1.29, 1.82) is 0 Å². The fourth-order valence-electron chi connectivity index (χ4n) is 4.42. The fraction of sp³-hybridized carbons (Fsp3) is 0.226. The number of furan rings is 1. The number of fused-ring (bicyclic) bond motifs is 1. The summed E-state index contributed by atoms with van der Waals surface area (Å²) >= 11 is 0. The monoisotopic (exact) mass is 526 g/mol. The van der Waals surface area contributed by atoms with Crippen LogP contribution in [0.3, 0.4) is 0 Å². The van der Waals surface area contributed by atoms with Crippen LogP contribution in [-0.4, -0.2) is 55.2 Å². The van der Waals surface area contributed by atoms with Gasteiger partial charge in [0.05, 0.1) is 19.4 Å². The molecule has 0 saturated heterocycles. The summed E-state index contributed by atoms with van der Waals surface area (Å²) in [6.07, 6.45) is 1.58. The molecule has 0 radical (unpaired) electrons. The molecular weight excluding hydrogens is 496 g/mol. The molecule has 1 aliphatic heterocycles. The van der Waals surface area contributed by atoms with Crippen molar-refractivity contribution in [3.8, 4) is 22.6 Å². The smallest absolute Gasteiger partial charge is 0.254 e. The molecule has 0 spiro atoms. The Labute approximate surface area is 227 Å². The first kappa shape index (κ1) is 26.1. The maximum atomic E-state index is 13.6. The number of benzene rings is 3. The third-order valence-electron chi connectivity index (χ3n) is 6.51. The Bertz CT molecular complexity index is 1390. The van der Waals surface area contributed by atoms with E-state index in [4.69, 9.17) is 18.6 Å². The second-order valence-corrected chi connectivity index (χ2v) is 9.18. The van der Waals surface area contributed by atoms with Gasteiger partial charge in [0.2, 0.25) is 12.7 Å². The summed E-state index contributed by atoms with van der Waals surface area (Å²) in [4.78, 5) is 30.4. The quantitative estimate of drug-likeness (QED) is 0.274. The van der Waals surface area contributed by atoms with Crippen molar-refractivity contribution in [2.75, 3.05) is 33.6 Å². The average Bonchev–Trinajstić information content (AvgIpc) is 3.67. The molecule has 2 heterocycles. The zero-order chi connectivity index (χ0) is 27.0. The van der Waals surface area contributed by atoms with E-state index in [1.165, 1.54) is 4.90 Å². The molecule has 2 amide bonds. The first-order chi connectivity index (χ1) is 19.1. The van der Waals surface area contributed by atoms with E-state index in [-0.39, 0.29) is 38.2 Å². The molecule has 5 rings (SSSR count). The summed E-state index contributed by atoms with van der Waals surface area (Å²) in [6, 6.07) is 26.6. The second kappa shape index (κ2) is 12.3. The topological polar surface area (TPSA) is 81.5 Å². The molecule has 39 heavy (non-hydrogen) atoms. The lowest BCUT2D eigenvalue weighted by Gasteiger charge is -2.27. The molecule has 0 unspecified atom stereocenters. The molecular formula is C31H30N2O6. The minimum Gasteiger partial charge on any atom is -0.467 e. The van der Waals surface area contributed by atoms with E-state index in [1.54, 1.807) is 36.5 Å². The maximum Gasteiger partial charge on any atom is 0.254 e. The standard InChI is InChI=1S/C31H30N2O6/c1-36-17-15-32(31(35)26-12-10-25(11-13-26)24-6-3-2-4-7-24)21-30(34)33(20-27-8-5-16-37-27)19-23-9-14-28-29(18-23)39-22-38-28/h2-14,16,18H,15,17,19-22H2,1H3. The number of carbonyl (C=O) groups is 2. The van der Waals surface area contributed by atoms with Gasteiger partial charge in [0.1, 0.15) is 12.3 Å². The van der Waals surface area contributed by atoms with Crippen molar-refractivity contribution in [2.24, 2.45) is 0 Å². The van der Waals surface area contributed by atoms with Gasteiger partial charge in [-0.3, -0.25) is 9.59 Å². The highest BCUT2D eigenvalue weighted by Crippen LogP contribution is 2.33. The lowest BCUT2D eigenvalue weighted by Crippen LogP contribution is -2.43. The van der Waals surface area contributed by atoms with Crippen LogP contribution in [0.1, 0.15) is 21.7 Å². The Hall–Kier alpha value is -4.56. The molecule has 0 fully saturated rings. The van der Waals surface area contributed by atoms with Crippen LogP contribution in [-0.2, 0) is 22.6 Å². The normalized spacial score (nSPS) is 11.8. The van der Waals surface area contributed by atoms with Crippen LogP contribution < -0.4 is 9.47 Å². The highest BCUT2D eigenvalue weighted by Gasteiger charge is 2.24. The van der Waals surface area contributed by atoms with Crippen molar-refractivity contribution in [3.63, 3.8) is 0 Å². The number of ether oxygens (including phenoxy) is 3. The van der Waals surface area contributed by atoms with Gasteiger partial charge in [-0.1, -0.05) is 48.5 Å². The SMILES string of the molecule is COCCN(CC(=O)N(Cc1ccc2c(c1)OCO2)Cc1ccco1)C(=O)c1ccc(-c2ccccc2)cc1. The lowest BCUT2D eigenvalue weighted by molar-refractivity contribution is -0.133. The van der Waals surface area contributed by atoms with Gasteiger partial charge in [-0.2, -0.15) is 0 Å². The largest absolute Gasteiger partial charge is 0.467 e. The predicted octanol–water partition coefficient (Wildman–Crippen LogP) is 4.99. The van der Waals surface area contributed by atoms with Gasteiger partial charge in [0.25, 0.3) is 5.91 Å². The fourth-order valence-corrected chi connectivity index (χ4v) is 4.42. The van der Waals surface area contributed by atoms with Crippen LogP contribution in [0.15, 0.2) is 95.6 Å². The zero-order valence-electron chi connectivity index (χ0n) is 21.7. The highest BCUT2D eigenvalue weighted by molar-refractivity contribution is 5.97. The molecule has 0 saturated carbocycles. The van der Waals surface area contributed by atoms with E-state index >= 15 is 0 Å². The molecule has 1 aromatic heterocycles. The third kappa shape index (κ3) is 6.48. The van der Waals surface area contributed by atoms with Gasteiger partial charge < -0.3 is 28.4 Å². The Kier molecular flexibility index (Phi) is 8.23. The van der Waals surface area contributed by atoms with Crippen LogP contribution in [0.25, 0.3) is 11.1 Å². The van der Waals surface area contributed by atoms with E-state index < -0.39 is 0 Å². The van der Waals surface area contributed by atoms with Crippen LogP contribution in [0.5, 0.6) is 11.5 Å². The number of rotatable bonds is 11. The van der Waals surface area contributed by atoms with Crippen LogP contribution in [0, 0.1) is 0 Å². The van der Waals surface area contributed by atoms with Crippen molar-refractivity contribution in [2.45, 2.75) is 13.1 Å². The first-order valence-corrected chi connectivity index (χ1v) is 12.7. The summed E-state index contributed by atoms with van der Waals surface area (Å²) in [5.74, 6) is 1.52. The molecule has 8 nitrogen and oxygen atoms in total. The first-order valence-electron chi connectivity index (χ1n) is 12.7. The van der Waals surface area contributed by atoms with Crippen LogP contribution >= 0.6 is 0 Å². The molecule has 3 aromatic carbocycles. The van der Waals surface area contributed by atoms with Crippen molar-refractivity contribution >= 4 is 11.8 Å². The minimum absolute atomic E-state index is 0.103. The van der Waals surface area contributed by atoms with E-state index in [1.807, 2.05) is 66.7 Å². The van der Waals surface area contributed by atoms with Crippen molar-refractivity contribution in [3.05, 3.63) is 108 Å². The van der Waals surface area contributed by atoms with Crippen molar-refractivity contribution < 1.29 is 28.2 Å². The van der Waals surface area contributed by atoms with Crippen molar-refractivity contribution in [1.82, 2.24) is 9.80 Å². The summed E-state index contributed by atoms with van der Waals surface area (Å²) in [5, 5.41) is 0. The Morgan fingerprint density at radius 2 is 1.59 bits per heavy atom. The van der Waals surface area contributed by atoms with Gasteiger partial charge in [0, 0.05) is 25.8 Å². The third-order valence-corrected chi connectivity index (χ3v) is 6.51. The van der Waals surface area contributed by atoms with E-state index in [0.717, 1.165) is 16.7 Å². The molecule has 0 atom stereocenters. The number of hydrogen-bond donors (Lipinski definition) is 0. The van der Waals surface area contributed by atoms with E-state index in [2.05, 4.69) is 0 Å². The second-order valence-electron chi connectivity index (χ2n) is 9.18. The summed E-state index contributed by atoms with van der Waals surface area (Å²) < 4.78 is 21.7. The maximum absolute atomic E-state index is 13.6. The molecule has 1 aliphatic rings. The summed E-state index contributed by atoms with van der Waals surface area (Å²) in [5.41, 5.74) is 3.47. The number of amides is 2. The van der Waals surface area contributed by atoms with Gasteiger partial charge in [0.15, 0.2) is 11.5 Å². The van der Waals surface area contributed by atoms with Gasteiger partial charge in [-0.15, -0.1) is 0 Å². The van der Waals surface area contributed by atoms with Crippen LogP contribution in [0.2, 0.25) is 0 Å². The molecule has 8 heteroatoms. The Morgan fingerprint density at radius 1 is 0.821 bits per heavy atom. The Morgan fingerprint density at radius 3 is 2.33 bits per heavy atom. The molecule has 0 bridgehead atoms. The molecule has 200 valence electrons. The number of methoxy groups -OCH3 is 1. The average molecular weight is 527 g/mol. The summed E-state index contributed by atoms with van der Waals surface area (Å²) in [6.45, 7) is 1.23. The number of carbonyl (C=O) groups excluding carboxylic acids is 2. The van der Waals surface area contributed by atoms with E-state index in [0.29, 0.717) is 36.0 Å². The van der Waals surface area contributed by atoms with Gasteiger partial charge >= 0.3 is 0 Å². The van der Waals surface area contributed by atoms with Gasteiger partial charge in [-0.25, -0.2) is 0 Å². The van der Waals surface area contributed by atoms with E-state index in [9.17, 15) is 9.59 Å². The van der Waals surface area contributed by atoms with Gasteiger partial charge in [-0.05, 0) is 53.1 Å². The van der Waals surface area contributed by atoms with Crippen LogP contribution in [0.4, 0.5) is 0 Å². The predicted molar refractivity (Wildman–Crippen MR) is 145 cm³/mol. The highest BCUT2D eigenvalue weighted by atomic mass is 16.7. The number of nitrogens with zero attached hydrogens (tertiary/aromatic N) is 2. The zero-order valence-corrected chi connectivity index (χ0v) is 21.7. The summed E-state index contributed by atoms with van der Waals surface area (Å²) in [7, 11) is 1.57. The molecule has 4 aromatic rings. The molecule has 0 aliphatic carbocycles. The Balaban J connectivity index is 1.33. The number of hydrogen-bond acceptors (Lipinski definition) is 6.